The highest BCUT2D eigenvalue weighted by molar-refractivity contribution is 7.10. The Morgan fingerprint density at radius 3 is 2.89 bits per heavy atom. The van der Waals surface area contributed by atoms with Crippen LogP contribution in [0.1, 0.15) is 21.4 Å². The van der Waals surface area contributed by atoms with E-state index in [0.29, 0.717) is 0 Å². The average Bonchev–Trinajstić information content (AvgIpc) is 3.34. The quantitative estimate of drug-likeness (QED) is 0.492. The maximum atomic E-state index is 13.3. The van der Waals surface area contributed by atoms with Crippen molar-refractivity contribution >= 4 is 40.0 Å². The van der Waals surface area contributed by atoms with Gasteiger partial charge in [-0.05, 0) is 47.0 Å². The minimum Gasteiger partial charge on any atom is -0.319 e. The number of thiophene rings is 2. The molecule has 0 aliphatic carbocycles. The van der Waals surface area contributed by atoms with Gasteiger partial charge in [-0.1, -0.05) is 6.07 Å². The van der Waals surface area contributed by atoms with Gasteiger partial charge >= 0.3 is 0 Å². The van der Waals surface area contributed by atoms with Gasteiger partial charge in [-0.2, -0.15) is 0 Å². The summed E-state index contributed by atoms with van der Waals surface area (Å²) in [6, 6.07) is 9.25. The summed E-state index contributed by atoms with van der Waals surface area (Å²) < 4.78 is 13.3. The van der Waals surface area contributed by atoms with Gasteiger partial charge in [0.15, 0.2) is 0 Å². The molecule has 1 unspecified atom stereocenters. The molecule has 3 heterocycles. The lowest BCUT2D eigenvalue weighted by atomic mass is 9.98. The molecule has 0 radical (unpaired) electrons. The van der Waals surface area contributed by atoms with Crippen LogP contribution in [0.4, 0.5) is 15.8 Å². The van der Waals surface area contributed by atoms with Crippen molar-refractivity contribution in [3.05, 3.63) is 78.4 Å². The second-order valence-electron chi connectivity index (χ2n) is 6.40. The average molecular weight is 417 g/mol. The second kappa shape index (κ2) is 7.78. The first-order chi connectivity index (χ1) is 13.5. The van der Waals surface area contributed by atoms with E-state index in [4.69, 9.17) is 0 Å². The van der Waals surface area contributed by atoms with E-state index in [9.17, 15) is 19.3 Å². The molecule has 1 aliphatic heterocycles. The first kappa shape index (κ1) is 18.7. The summed E-state index contributed by atoms with van der Waals surface area (Å²) in [6.07, 6.45) is 0.860. The molecule has 0 saturated heterocycles. The van der Waals surface area contributed by atoms with Crippen LogP contribution in [0.3, 0.4) is 0 Å². The Balaban J connectivity index is 1.55. The number of amides is 1. The standard InChI is InChI=1S/C19H16FN3O3S2/c20-12-3-4-14(15(10-12)23(25)26)21-18(24)11-22-7-5-16-13(6-9-28-16)19(22)17-2-1-8-27-17/h1-4,6,8-10,19H,5,7,11H2,(H,21,24). The number of anilines is 1. The third-order valence-corrected chi connectivity index (χ3v) is 6.58. The van der Waals surface area contributed by atoms with Gasteiger partial charge in [0.25, 0.3) is 5.69 Å². The van der Waals surface area contributed by atoms with Crippen LogP contribution >= 0.6 is 22.7 Å². The molecule has 0 spiro atoms. The Morgan fingerprint density at radius 2 is 2.14 bits per heavy atom. The van der Waals surface area contributed by atoms with Gasteiger partial charge in [-0.3, -0.25) is 19.8 Å². The van der Waals surface area contributed by atoms with Gasteiger partial charge in [0.2, 0.25) is 5.91 Å². The molecular formula is C19H16FN3O3S2. The predicted molar refractivity (Wildman–Crippen MR) is 107 cm³/mol. The summed E-state index contributed by atoms with van der Waals surface area (Å²) in [5.41, 5.74) is 0.749. The molecule has 1 aromatic carbocycles. The fourth-order valence-corrected chi connectivity index (χ4v) is 5.23. The molecule has 1 atom stereocenters. The zero-order valence-corrected chi connectivity index (χ0v) is 16.3. The highest BCUT2D eigenvalue weighted by Gasteiger charge is 2.31. The lowest BCUT2D eigenvalue weighted by Crippen LogP contribution is -2.40. The van der Waals surface area contributed by atoms with Crippen molar-refractivity contribution < 1.29 is 14.1 Å². The van der Waals surface area contributed by atoms with E-state index >= 15 is 0 Å². The van der Waals surface area contributed by atoms with Crippen LogP contribution in [0, 0.1) is 15.9 Å². The number of nitrogens with zero attached hydrogens (tertiary/aromatic N) is 2. The number of hydrogen-bond acceptors (Lipinski definition) is 6. The Bertz CT molecular complexity index is 1020. The van der Waals surface area contributed by atoms with Gasteiger partial charge in [-0.25, -0.2) is 4.39 Å². The Hall–Kier alpha value is -2.62. The molecule has 4 rings (SSSR count). The van der Waals surface area contributed by atoms with Crippen LogP contribution in [0.5, 0.6) is 0 Å². The number of carbonyl (C=O) groups is 1. The SMILES string of the molecule is O=C(CN1CCc2sccc2C1c1cccs1)Nc1ccc(F)cc1[N+](=O)[O-]. The van der Waals surface area contributed by atoms with Gasteiger partial charge in [0, 0.05) is 16.3 Å². The normalized spacial score (nSPS) is 16.5. The molecular weight excluding hydrogens is 401 g/mol. The molecule has 1 amide bonds. The zero-order valence-electron chi connectivity index (χ0n) is 14.6. The number of halogens is 1. The summed E-state index contributed by atoms with van der Waals surface area (Å²) in [6.45, 7) is 0.807. The molecule has 9 heteroatoms. The number of carbonyl (C=O) groups excluding carboxylic acids is 1. The lowest BCUT2D eigenvalue weighted by Gasteiger charge is -2.34. The monoisotopic (exact) mass is 417 g/mol. The first-order valence-electron chi connectivity index (χ1n) is 8.60. The molecule has 1 N–H and O–H groups in total. The molecule has 3 aromatic rings. The number of nitro benzene ring substituents is 1. The number of hydrogen-bond donors (Lipinski definition) is 1. The lowest BCUT2D eigenvalue weighted by molar-refractivity contribution is -0.384. The Kier molecular flexibility index (Phi) is 5.21. The van der Waals surface area contributed by atoms with Crippen molar-refractivity contribution in [3.8, 4) is 0 Å². The van der Waals surface area contributed by atoms with Crippen molar-refractivity contribution in [3.63, 3.8) is 0 Å². The molecule has 1 aliphatic rings. The Labute approximate surface area is 168 Å². The summed E-state index contributed by atoms with van der Waals surface area (Å²) in [5.74, 6) is -1.08. The number of rotatable bonds is 5. The van der Waals surface area contributed by atoms with Gasteiger partial charge in [0.05, 0.1) is 23.6 Å². The molecule has 0 fully saturated rings. The predicted octanol–water partition coefficient (Wildman–Crippen LogP) is 4.44. The smallest absolute Gasteiger partial charge is 0.295 e. The van der Waals surface area contributed by atoms with E-state index in [0.717, 1.165) is 30.0 Å². The second-order valence-corrected chi connectivity index (χ2v) is 8.38. The molecule has 0 saturated carbocycles. The van der Waals surface area contributed by atoms with Crippen LogP contribution < -0.4 is 5.32 Å². The summed E-state index contributed by atoms with van der Waals surface area (Å²) in [5, 5.41) is 17.8. The number of nitro groups is 1. The summed E-state index contributed by atoms with van der Waals surface area (Å²) >= 11 is 3.36. The van der Waals surface area contributed by atoms with E-state index in [1.807, 2.05) is 11.4 Å². The minimum atomic E-state index is -0.719. The summed E-state index contributed by atoms with van der Waals surface area (Å²) in [4.78, 5) is 27.6. The molecule has 28 heavy (non-hydrogen) atoms. The largest absolute Gasteiger partial charge is 0.319 e. The number of nitrogens with one attached hydrogen (secondary N) is 1. The van der Waals surface area contributed by atoms with Crippen molar-refractivity contribution in [1.82, 2.24) is 4.90 Å². The molecule has 0 bridgehead atoms. The van der Waals surface area contributed by atoms with Crippen molar-refractivity contribution in [2.24, 2.45) is 0 Å². The van der Waals surface area contributed by atoms with Crippen LogP contribution in [0.2, 0.25) is 0 Å². The van der Waals surface area contributed by atoms with E-state index in [1.54, 1.807) is 22.7 Å². The highest BCUT2D eigenvalue weighted by atomic mass is 32.1. The van der Waals surface area contributed by atoms with Crippen molar-refractivity contribution in [2.45, 2.75) is 12.5 Å². The number of benzene rings is 1. The molecule has 2 aromatic heterocycles. The van der Waals surface area contributed by atoms with Gasteiger partial charge < -0.3 is 5.32 Å². The van der Waals surface area contributed by atoms with Crippen molar-refractivity contribution in [2.75, 3.05) is 18.4 Å². The topological polar surface area (TPSA) is 75.5 Å². The maximum Gasteiger partial charge on any atom is 0.295 e. The fraction of sp³-hybridized carbons (Fsp3) is 0.211. The van der Waals surface area contributed by atoms with E-state index < -0.39 is 16.4 Å². The molecule has 6 nitrogen and oxygen atoms in total. The zero-order chi connectivity index (χ0) is 19.7. The van der Waals surface area contributed by atoms with Crippen LogP contribution in [-0.4, -0.2) is 28.8 Å². The highest BCUT2D eigenvalue weighted by Crippen LogP contribution is 2.39. The third-order valence-electron chi connectivity index (χ3n) is 4.66. The minimum absolute atomic E-state index is 0.00249. The molecule has 144 valence electrons. The maximum absolute atomic E-state index is 13.3. The van der Waals surface area contributed by atoms with Crippen LogP contribution in [0.15, 0.2) is 47.2 Å². The van der Waals surface area contributed by atoms with Gasteiger partial charge in [-0.15, -0.1) is 22.7 Å². The van der Waals surface area contributed by atoms with Crippen LogP contribution in [-0.2, 0) is 11.2 Å². The van der Waals surface area contributed by atoms with E-state index in [1.165, 1.54) is 16.5 Å². The van der Waals surface area contributed by atoms with E-state index in [2.05, 4.69) is 27.7 Å². The first-order valence-corrected chi connectivity index (χ1v) is 10.4. The Morgan fingerprint density at radius 1 is 1.29 bits per heavy atom. The third kappa shape index (κ3) is 3.68. The number of fused-ring (bicyclic) bond motifs is 1. The van der Waals surface area contributed by atoms with Crippen LogP contribution in [0.25, 0.3) is 0 Å². The van der Waals surface area contributed by atoms with Gasteiger partial charge in [0.1, 0.15) is 11.5 Å². The van der Waals surface area contributed by atoms with Crippen molar-refractivity contribution in [1.29, 1.82) is 0 Å². The van der Waals surface area contributed by atoms with E-state index in [-0.39, 0.29) is 24.2 Å². The summed E-state index contributed by atoms with van der Waals surface area (Å²) in [7, 11) is 0. The fourth-order valence-electron chi connectivity index (χ4n) is 3.45.